The molecule has 16 heavy (non-hydrogen) atoms. The van der Waals surface area contributed by atoms with Gasteiger partial charge in [0.15, 0.2) is 0 Å². The number of hydrogen-bond acceptors (Lipinski definition) is 3. The normalized spacial score (nSPS) is 14.0. The number of nitrogens with one attached hydrogen (secondary N) is 2. The first-order valence-corrected chi connectivity index (χ1v) is 7.27. The molecule has 96 valence electrons. The highest BCUT2D eigenvalue weighted by Gasteiger charge is 2.19. The summed E-state index contributed by atoms with van der Waals surface area (Å²) in [5, 5.41) is 7.30. The molecular weight excluding hydrogens is 226 g/mol. The van der Waals surface area contributed by atoms with Gasteiger partial charge in [-0.25, -0.2) is 13.1 Å². The highest BCUT2D eigenvalue weighted by atomic mass is 32.2. The zero-order valence-corrected chi connectivity index (χ0v) is 11.1. The summed E-state index contributed by atoms with van der Waals surface area (Å²) in [4.78, 5) is 0. The molecule has 0 fully saturated rings. The van der Waals surface area contributed by atoms with Gasteiger partial charge in [-0.05, 0) is 18.8 Å². The van der Waals surface area contributed by atoms with Crippen LogP contribution in [0.4, 0.5) is 0 Å². The number of nitrogens with two attached hydrogens (primary N) is 1. The molecule has 0 aliphatic rings. The molecule has 6 heteroatoms. The third kappa shape index (κ3) is 6.79. The van der Waals surface area contributed by atoms with E-state index in [2.05, 4.69) is 4.72 Å². The fourth-order valence-corrected chi connectivity index (χ4v) is 2.81. The van der Waals surface area contributed by atoms with Crippen molar-refractivity contribution in [1.82, 2.24) is 4.72 Å². The second-order valence-corrected chi connectivity index (χ2v) is 6.29. The van der Waals surface area contributed by atoms with E-state index < -0.39 is 16.1 Å². The monoisotopic (exact) mass is 249 g/mol. The van der Waals surface area contributed by atoms with E-state index in [1.807, 2.05) is 20.8 Å². The minimum absolute atomic E-state index is 0.0954. The quantitative estimate of drug-likeness (QED) is 0.443. The van der Waals surface area contributed by atoms with Crippen molar-refractivity contribution in [3.05, 3.63) is 0 Å². The maximum atomic E-state index is 11.7. The third-order valence-electron chi connectivity index (χ3n) is 2.24. The Balaban J connectivity index is 4.36. The van der Waals surface area contributed by atoms with E-state index in [0.29, 0.717) is 18.8 Å². The van der Waals surface area contributed by atoms with Crippen LogP contribution in [0.25, 0.3) is 0 Å². The smallest absolute Gasteiger partial charge is 0.212 e. The van der Waals surface area contributed by atoms with Crippen molar-refractivity contribution in [1.29, 1.82) is 5.41 Å². The summed E-state index contributed by atoms with van der Waals surface area (Å²) >= 11 is 0. The molecule has 0 rings (SSSR count). The number of sulfonamides is 1. The average molecular weight is 249 g/mol. The van der Waals surface area contributed by atoms with Gasteiger partial charge in [-0.2, -0.15) is 0 Å². The first-order valence-electron chi connectivity index (χ1n) is 5.62. The average Bonchev–Trinajstić information content (AvgIpc) is 2.14. The Morgan fingerprint density at radius 1 is 1.38 bits per heavy atom. The molecule has 0 aromatic heterocycles. The zero-order chi connectivity index (χ0) is 12.8. The molecule has 1 atom stereocenters. The van der Waals surface area contributed by atoms with Gasteiger partial charge >= 0.3 is 0 Å². The van der Waals surface area contributed by atoms with E-state index in [0.717, 1.165) is 6.42 Å². The highest BCUT2D eigenvalue weighted by Crippen LogP contribution is 2.04. The van der Waals surface area contributed by atoms with Gasteiger partial charge in [-0.3, -0.25) is 5.41 Å². The van der Waals surface area contributed by atoms with Crippen molar-refractivity contribution in [3.63, 3.8) is 0 Å². The Morgan fingerprint density at radius 2 is 1.94 bits per heavy atom. The summed E-state index contributed by atoms with van der Waals surface area (Å²) < 4.78 is 25.8. The SMILES string of the molecule is CCCC(NS(=O)(=O)CCC(C)C)C(=N)N. The maximum absolute atomic E-state index is 11.7. The number of hydrogen-bond donors (Lipinski definition) is 3. The van der Waals surface area contributed by atoms with Crippen molar-refractivity contribution >= 4 is 15.9 Å². The molecule has 0 aliphatic heterocycles. The number of rotatable bonds is 8. The molecule has 0 saturated carbocycles. The Kier molecular flexibility index (Phi) is 6.59. The Labute approximate surface area is 98.4 Å². The minimum Gasteiger partial charge on any atom is -0.386 e. The molecule has 0 aromatic rings. The predicted octanol–water partition coefficient (Wildman–Crippen LogP) is 1.06. The van der Waals surface area contributed by atoms with Crippen LogP contribution in [0.2, 0.25) is 0 Å². The van der Waals surface area contributed by atoms with Gasteiger partial charge in [-0.1, -0.05) is 27.2 Å². The molecule has 0 bridgehead atoms. The van der Waals surface area contributed by atoms with Crippen molar-refractivity contribution in [3.8, 4) is 0 Å². The topological polar surface area (TPSA) is 96.0 Å². The summed E-state index contributed by atoms with van der Waals surface area (Å²) in [6, 6.07) is -0.554. The van der Waals surface area contributed by atoms with Crippen LogP contribution in [-0.4, -0.2) is 26.0 Å². The van der Waals surface area contributed by atoms with Gasteiger partial charge < -0.3 is 5.73 Å². The van der Waals surface area contributed by atoms with Gasteiger partial charge in [0.05, 0.1) is 11.8 Å². The predicted molar refractivity (Wildman–Crippen MR) is 67.0 cm³/mol. The largest absolute Gasteiger partial charge is 0.386 e. The van der Waals surface area contributed by atoms with E-state index in [9.17, 15) is 8.42 Å². The van der Waals surface area contributed by atoms with Crippen LogP contribution in [0, 0.1) is 11.3 Å². The van der Waals surface area contributed by atoms with Crippen LogP contribution in [0.1, 0.15) is 40.0 Å². The molecule has 0 heterocycles. The summed E-state index contributed by atoms with van der Waals surface area (Å²) in [6.07, 6.45) is 1.97. The molecule has 0 aromatic carbocycles. The lowest BCUT2D eigenvalue weighted by Gasteiger charge is -2.17. The second-order valence-electron chi connectivity index (χ2n) is 4.42. The molecule has 0 saturated heterocycles. The number of amidine groups is 1. The van der Waals surface area contributed by atoms with E-state index >= 15 is 0 Å². The van der Waals surface area contributed by atoms with Crippen LogP contribution in [0.3, 0.4) is 0 Å². The van der Waals surface area contributed by atoms with Crippen LogP contribution in [-0.2, 0) is 10.0 Å². The van der Waals surface area contributed by atoms with Crippen LogP contribution in [0.5, 0.6) is 0 Å². The molecule has 4 N–H and O–H groups in total. The standard InChI is InChI=1S/C10H23N3O2S/c1-4-5-9(10(11)12)13-16(14,15)7-6-8(2)3/h8-9,13H,4-7H2,1-3H3,(H3,11,12). The van der Waals surface area contributed by atoms with Crippen molar-refractivity contribution in [2.45, 2.75) is 46.1 Å². The Hall–Kier alpha value is -0.620. The van der Waals surface area contributed by atoms with Crippen molar-refractivity contribution in [2.75, 3.05) is 5.75 Å². The molecule has 5 nitrogen and oxygen atoms in total. The van der Waals surface area contributed by atoms with Gasteiger partial charge in [0, 0.05) is 0 Å². The second kappa shape index (κ2) is 6.85. The van der Waals surface area contributed by atoms with Crippen LogP contribution >= 0.6 is 0 Å². The van der Waals surface area contributed by atoms with Crippen molar-refractivity contribution < 1.29 is 8.42 Å². The lowest BCUT2D eigenvalue weighted by molar-refractivity contribution is 0.549. The maximum Gasteiger partial charge on any atom is 0.212 e. The first-order chi connectivity index (χ1) is 7.28. The van der Waals surface area contributed by atoms with Gasteiger partial charge in [0.1, 0.15) is 5.84 Å². The van der Waals surface area contributed by atoms with E-state index in [1.54, 1.807) is 0 Å². The Bertz CT molecular complexity index is 312. The summed E-state index contributed by atoms with van der Waals surface area (Å²) in [6.45, 7) is 5.88. The molecule has 0 aliphatic carbocycles. The zero-order valence-electron chi connectivity index (χ0n) is 10.3. The first kappa shape index (κ1) is 15.4. The molecular formula is C10H23N3O2S. The molecule has 0 spiro atoms. The van der Waals surface area contributed by atoms with Crippen LogP contribution in [0.15, 0.2) is 0 Å². The van der Waals surface area contributed by atoms with E-state index in [1.165, 1.54) is 0 Å². The minimum atomic E-state index is -3.31. The van der Waals surface area contributed by atoms with E-state index in [-0.39, 0.29) is 11.6 Å². The summed E-state index contributed by atoms with van der Waals surface area (Å²) in [5.74, 6) is 0.325. The van der Waals surface area contributed by atoms with Gasteiger partial charge in [0.25, 0.3) is 0 Å². The Morgan fingerprint density at radius 3 is 2.31 bits per heavy atom. The van der Waals surface area contributed by atoms with Crippen molar-refractivity contribution in [2.24, 2.45) is 11.7 Å². The molecule has 1 unspecified atom stereocenters. The molecule has 0 amide bonds. The van der Waals surface area contributed by atoms with E-state index in [4.69, 9.17) is 11.1 Å². The highest BCUT2D eigenvalue weighted by molar-refractivity contribution is 7.89. The third-order valence-corrected chi connectivity index (χ3v) is 3.66. The fraction of sp³-hybridized carbons (Fsp3) is 0.900. The lowest BCUT2D eigenvalue weighted by atomic mass is 10.2. The fourth-order valence-electron chi connectivity index (χ4n) is 1.23. The van der Waals surface area contributed by atoms with Gasteiger partial charge in [0.2, 0.25) is 10.0 Å². The van der Waals surface area contributed by atoms with Crippen LogP contribution < -0.4 is 10.5 Å². The summed E-state index contributed by atoms with van der Waals surface area (Å²) in [7, 11) is -3.31. The molecule has 0 radical (unpaired) electrons. The van der Waals surface area contributed by atoms with Gasteiger partial charge in [-0.15, -0.1) is 0 Å². The summed E-state index contributed by atoms with van der Waals surface area (Å²) in [5.41, 5.74) is 5.34. The lowest BCUT2D eigenvalue weighted by Crippen LogP contribution is -2.44.